The van der Waals surface area contributed by atoms with Gasteiger partial charge in [0.05, 0.1) is 12.2 Å². The summed E-state index contributed by atoms with van der Waals surface area (Å²) in [6.45, 7) is 11.6. The van der Waals surface area contributed by atoms with Crippen molar-refractivity contribution >= 4 is 5.82 Å². The first-order chi connectivity index (χ1) is 11.9. The maximum absolute atomic E-state index is 12.1. The number of aromatic nitrogens is 4. The van der Waals surface area contributed by atoms with Gasteiger partial charge < -0.3 is 4.90 Å². The van der Waals surface area contributed by atoms with Crippen LogP contribution in [-0.2, 0) is 12.0 Å². The van der Waals surface area contributed by atoms with Crippen LogP contribution < -0.4 is 10.5 Å². The van der Waals surface area contributed by atoms with Gasteiger partial charge >= 0.3 is 0 Å². The maximum Gasteiger partial charge on any atom is 0.266 e. The van der Waals surface area contributed by atoms with E-state index < -0.39 is 0 Å². The van der Waals surface area contributed by atoms with Crippen molar-refractivity contribution in [2.75, 3.05) is 37.6 Å². The summed E-state index contributed by atoms with van der Waals surface area (Å²) in [5, 5.41) is 4.54. The molecular formula is C18H26N6O. The molecule has 2 aromatic heterocycles. The molecule has 3 rings (SSSR count). The highest BCUT2D eigenvalue weighted by atomic mass is 16.1. The Bertz CT molecular complexity index is 744. The van der Waals surface area contributed by atoms with E-state index in [4.69, 9.17) is 0 Å². The first-order valence-corrected chi connectivity index (χ1v) is 8.75. The van der Waals surface area contributed by atoms with E-state index in [-0.39, 0.29) is 11.0 Å². The van der Waals surface area contributed by atoms with E-state index in [0.717, 1.165) is 44.2 Å². The second-order valence-electron chi connectivity index (χ2n) is 7.43. The average molecular weight is 342 g/mol. The molecule has 0 spiro atoms. The van der Waals surface area contributed by atoms with Crippen LogP contribution in [-0.4, -0.2) is 57.4 Å². The number of piperazine rings is 1. The topological polar surface area (TPSA) is 67.2 Å². The summed E-state index contributed by atoms with van der Waals surface area (Å²) in [5.41, 5.74) is 0.854. The number of nitrogens with zero attached hydrogens (tertiary/aromatic N) is 6. The zero-order chi connectivity index (χ0) is 17.9. The number of rotatable bonds is 4. The van der Waals surface area contributed by atoms with Crippen LogP contribution in [0.1, 0.15) is 26.5 Å². The minimum Gasteiger partial charge on any atom is -0.354 e. The van der Waals surface area contributed by atoms with Crippen LogP contribution in [0.4, 0.5) is 5.82 Å². The van der Waals surface area contributed by atoms with Gasteiger partial charge in [0.15, 0.2) is 0 Å². The van der Waals surface area contributed by atoms with E-state index in [1.165, 1.54) is 0 Å². The second kappa shape index (κ2) is 7.31. The van der Waals surface area contributed by atoms with Gasteiger partial charge in [0.25, 0.3) is 5.56 Å². The molecule has 0 radical (unpaired) electrons. The first kappa shape index (κ1) is 17.5. The standard InChI is InChI=1S/C18H26N6O/c1-18(2,3)15-4-5-17(25)24(21-15)13-10-22-8-11-23(12-9-22)16-6-7-19-14-20-16/h4-7,14H,8-13H2,1-3H3. The monoisotopic (exact) mass is 342 g/mol. The minimum atomic E-state index is -0.0569. The highest BCUT2D eigenvalue weighted by Crippen LogP contribution is 2.18. The molecule has 0 saturated carbocycles. The van der Waals surface area contributed by atoms with E-state index >= 15 is 0 Å². The average Bonchev–Trinajstić information content (AvgIpc) is 2.61. The molecule has 25 heavy (non-hydrogen) atoms. The van der Waals surface area contributed by atoms with Crippen LogP contribution in [0, 0.1) is 0 Å². The zero-order valence-corrected chi connectivity index (χ0v) is 15.2. The minimum absolute atomic E-state index is 0.0346. The SMILES string of the molecule is CC(C)(C)c1ccc(=O)n(CCN2CCN(c3ccncn3)CC2)n1. The Labute approximate surface area is 148 Å². The Morgan fingerprint density at radius 3 is 2.44 bits per heavy atom. The zero-order valence-electron chi connectivity index (χ0n) is 15.2. The van der Waals surface area contributed by atoms with Crippen LogP contribution in [0.5, 0.6) is 0 Å². The molecule has 134 valence electrons. The van der Waals surface area contributed by atoms with Crippen molar-refractivity contribution in [2.24, 2.45) is 0 Å². The third-order valence-electron chi connectivity index (χ3n) is 4.53. The summed E-state index contributed by atoms with van der Waals surface area (Å²) in [5.74, 6) is 0.977. The molecule has 1 aliphatic heterocycles. The number of hydrogen-bond acceptors (Lipinski definition) is 6. The molecule has 7 nitrogen and oxygen atoms in total. The Kier molecular flexibility index (Phi) is 5.13. The van der Waals surface area contributed by atoms with Crippen molar-refractivity contribution in [3.8, 4) is 0 Å². The molecule has 0 amide bonds. The van der Waals surface area contributed by atoms with Crippen molar-refractivity contribution < 1.29 is 0 Å². The lowest BCUT2D eigenvalue weighted by Crippen LogP contribution is -2.48. The molecule has 0 aliphatic carbocycles. The van der Waals surface area contributed by atoms with Crippen LogP contribution >= 0.6 is 0 Å². The second-order valence-corrected chi connectivity index (χ2v) is 7.43. The summed E-state index contributed by atoms with van der Waals surface area (Å²) in [6, 6.07) is 5.40. The van der Waals surface area contributed by atoms with Gasteiger partial charge in [-0.05, 0) is 12.1 Å². The fourth-order valence-electron chi connectivity index (χ4n) is 2.92. The Balaban J connectivity index is 1.56. The Morgan fingerprint density at radius 1 is 1.04 bits per heavy atom. The molecule has 1 aliphatic rings. The predicted octanol–water partition coefficient (Wildman–Crippen LogP) is 1.15. The Hall–Kier alpha value is -2.28. The molecule has 7 heteroatoms. The third kappa shape index (κ3) is 4.42. The summed E-state index contributed by atoms with van der Waals surface area (Å²) in [6.07, 6.45) is 3.36. The van der Waals surface area contributed by atoms with Crippen LogP contribution in [0.25, 0.3) is 0 Å². The predicted molar refractivity (Wildman–Crippen MR) is 97.9 cm³/mol. The van der Waals surface area contributed by atoms with E-state index in [0.29, 0.717) is 6.54 Å². The van der Waals surface area contributed by atoms with Gasteiger partial charge in [0.2, 0.25) is 0 Å². The first-order valence-electron chi connectivity index (χ1n) is 8.75. The van der Waals surface area contributed by atoms with Crippen molar-refractivity contribution in [2.45, 2.75) is 32.7 Å². The Morgan fingerprint density at radius 2 is 1.80 bits per heavy atom. The lowest BCUT2D eigenvalue weighted by molar-refractivity contribution is 0.241. The maximum atomic E-state index is 12.1. The molecule has 0 N–H and O–H groups in total. The summed E-state index contributed by atoms with van der Waals surface area (Å²) < 4.78 is 1.59. The van der Waals surface area contributed by atoms with Crippen LogP contribution in [0.15, 0.2) is 35.5 Å². The van der Waals surface area contributed by atoms with Crippen molar-refractivity contribution in [3.63, 3.8) is 0 Å². The molecular weight excluding hydrogens is 316 g/mol. The molecule has 0 aromatic carbocycles. The van der Waals surface area contributed by atoms with Gasteiger partial charge in [0, 0.05) is 50.4 Å². The van der Waals surface area contributed by atoms with Crippen molar-refractivity contribution in [3.05, 3.63) is 46.8 Å². The van der Waals surface area contributed by atoms with Gasteiger partial charge in [-0.2, -0.15) is 5.10 Å². The molecule has 2 aromatic rings. The van der Waals surface area contributed by atoms with Crippen LogP contribution in [0.2, 0.25) is 0 Å². The van der Waals surface area contributed by atoms with Crippen molar-refractivity contribution in [1.82, 2.24) is 24.6 Å². The highest BCUT2D eigenvalue weighted by molar-refractivity contribution is 5.36. The normalized spacial score (nSPS) is 16.2. The number of hydrogen-bond donors (Lipinski definition) is 0. The number of anilines is 1. The molecule has 0 atom stereocenters. The van der Waals surface area contributed by atoms with Crippen LogP contribution in [0.3, 0.4) is 0 Å². The molecule has 3 heterocycles. The lowest BCUT2D eigenvalue weighted by Gasteiger charge is -2.35. The smallest absolute Gasteiger partial charge is 0.266 e. The van der Waals surface area contributed by atoms with Gasteiger partial charge in [0.1, 0.15) is 12.1 Å². The summed E-state index contributed by atoms with van der Waals surface area (Å²) in [4.78, 5) is 25.0. The van der Waals surface area contributed by atoms with Gasteiger partial charge in [-0.25, -0.2) is 14.6 Å². The van der Waals surface area contributed by atoms with E-state index in [1.54, 1.807) is 23.3 Å². The largest absolute Gasteiger partial charge is 0.354 e. The van der Waals surface area contributed by atoms with Crippen molar-refractivity contribution in [1.29, 1.82) is 0 Å². The highest BCUT2D eigenvalue weighted by Gasteiger charge is 2.19. The fraction of sp³-hybridized carbons (Fsp3) is 0.556. The lowest BCUT2D eigenvalue weighted by atomic mass is 9.92. The van der Waals surface area contributed by atoms with Gasteiger partial charge in [-0.1, -0.05) is 20.8 Å². The van der Waals surface area contributed by atoms with Gasteiger partial charge in [-0.15, -0.1) is 0 Å². The molecule has 1 fully saturated rings. The molecule has 0 bridgehead atoms. The third-order valence-corrected chi connectivity index (χ3v) is 4.53. The summed E-state index contributed by atoms with van der Waals surface area (Å²) >= 11 is 0. The molecule has 1 saturated heterocycles. The van der Waals surface area contributed by atoms with E-state index in [9.17, 15) is 4.79 Å². The molecule has 0 unspecified atom stereocenters. The quantitative estimate of drug-likeness (QED) is 0.830. The van der Waals surface area contributed by atoms with E-state index in [1.807, 2.05) is 12.1 Å². The van der Waals surface area contributed by atoms with Gasteiger partial charge in [-0.3, -0.25) is 9.69 Å². The summed E-state index contributed by atoms with van der Waals surface area (Å²) in [7, 11) is 0. The van der Waals surface area contributed by atoms with E-state index in [2.05, 4.69) is 45.6 Å². The fourth-order valence-corrected chi connectivity index (χ4v) is 2.92.